The summed E-state index contributed by atoms with van der Waals surface area (Å²) in [5, 5.41) is 13.1. The third-order valence-electron chi connectivity index (χ3n) is 13.4. The lowest BCUT2D eigenvalue weighted by molar-refractivity contribution is -0.145. The van der Waals surface area contributed by atoms with Crippen LogP contribution in [-0.4, -0.2) is 94.3 Å². The topological polar surface area (TPSA) is 167 Å². The van der Waals surface area contributed by atoms with E-state index in [1.807, 2.05) is 0 Å². The number of allylic oxidation sites excluding steroid dienone is 1. The maximum atomic E-state index is 15.4. The molecule has 1 aromatic rings. The van der Waals surface area contributed by atoms with Gasteiger partial charge in [-0.2, -0.15) is 0 Å². The second kappa shape index (κ2) is 16.0. The molecular formula is C41H53FN4O7. The maximum Gasteiger partial charge on any atom is 0.251 e. The van der Waals surface area contributed by atoms with Crippen molar-refractivity contribution in [2.45, 2.75) is 120 Å². The first-order valence-corrected chi connectivity index (χ1v) is 19.9. The van der Waals surface area contributed by atoms with Crippen molar-refractivity contribution in [3.8, 4) is 0 Å². The van der Waals surface area contributed by atoms with Gasteiger partial charge in [-0.05, 0) is 126 Å². The van der Waals surface area contributed by atoms with Crippen LogP contribution in [0.15, 0.2) is 23.8 Å². The molecule has 1 aromatic carbocycles. The van der Waals surface area contributed by atoms with Gasteiger partial charge in [-0.1, -0.05) is 11.6 Å². The number of hydrogen-bond donors (Lipinski definition) is 3. The number of aliphatic hydroxyl groups excluding tert-OH is 1. The van der Waals surface area contributed by atoms with Crippen molar-refractivity contribution in [1.82, 2.24) is 15.1 Å². The fraction of sp³-hybridized carbons (Fsp3) is 0.659. The van der Waals surface area contributed by atoms with Crippen molar-refractivity contribution in [2.24, 2.45) is 29.4 Å². The fourth-order valence-electron chi connectivity index (χ4n) is 9.91. The first kappa shape index (κ1) is 37.7. The Kier molecular flexibility index (Phi) is 11.4. The number of benzene rings is 1. The molecule has 1 saturated carbocycles. The van der Waals surface area contributed by atoms with Gasteiger partial charge in [0, 0.05) is 55.1 Å². The number of aliphatic hydroxyl groups is 1. The number of nitrogens with zero attached hydrogens (tertiary/aromatic N) is 2. The van der Waals surface area contributed by atoms with E-state index in [0.29, 0.717) is 56.8 Å². The summed E-state index contributed by atoms with van der Waals surface area (Å²) >= 11 is 0. The summed E-state index contributed by atoms with van der Waals surface area (Å²) in [5.41, 5.74) is 7.85. The van der Waals surface area contributed by atoms with Crippen molar-refractivity contribution in [3.63, 3.8) is 0 Å². The summed E-state index contributed by atoms with van der Waals surface area (Å²) in [6, 6.07) is 3.22. The van der Waals surface area contributed by atoms with E-state index < -0.39 is 47.1 Å². The zero-order chi connectivity index (χ0) is 37.4. The zero-order valence-corrected chi connectivity index (χ0v) is 30.5. The quantitative estimate of drug-likeness (QED) is 0.193. The number of nitrogens with one attached hydrogen (secondary N) is 1. The Labute approximate surface area is 310 Å². The van der Waals surface area contributed by atoms with E-state index in [1.54, 1.807) is 4.90 Å². The largest absolute Gasteiger partial charge is 0.383 e. The number of Topliss-reactive ketones (excluding diaryl/α,β-unsaturated/α-hetero) is 3. The minimum absolute atomic E-state index is 0.00498. The molecule has 12 heteroatoms. The summed E-state index contributed by atoms with van der Waals surface area (Å²) in [4.78, 5) is 80.9. The summed E-state index contributed by atoms with van der Waals surface area (Å²) in [5.74, 6) is -4.96. The van der Waals surface area contributed by atoms with Crippen molar-refractivity contribution < 1.29 is 38.3 Å². The highest BCUT2D eigenvalue weighted by atomic mass is 19.1. The zero-order valence-electron chi connectivity index (χ0n) is 30.5. The summed E-state index contributed by atoms with van der Waals surface area (Å²) in [6.07, 6.45) is 11.5. The molecule has 4 fully saturated rings. The van der Waals surface area contributed by atoms with Crippen LogP contribution in [-0.2, 0) is 19.2 Å². The SMILES string of the molecule is NC1CCN(C(=O)C(O)C2CCN(C3CC=C(CCC(=O)C4CCC(c5cc6c(cc5F)C(=O)[C@H](C5CCC(=O)NC5=O)C6=O)CC4)CC3)CC2)CC1. The number of halogens is 1. The second-order valence-corrected chi connectivity index (χ2v) is 16.5. The lowest BCUT2D eigenvalue weighted by atomic mass is 9.75. The number of ketones is 3. The Balaban J connectivity index is 0.845. The molecule has 53 heavy (non-hydrogen) atoms. The molecule has 286 valence electrons. The highest BCUT2D eigenvalue weighted by molar-refractivity contribution is 6.28. The van der Waals surface area contributed by atoms with Crippen LogP contribution in [0.2, 0.25) is 0 Å². The van der Waals surface area contributed by atoms with Gasteiger partial charge in [0.15, 0.2) is 11.6 Å². The van der Waals surface area contributed by atoms with E-state index in [2.05, 4.69) is 16.3 Å². The molecule has 3 aliphatic carbocycles. The van der Waals surface area contributed by atoms with Gasteiger partial charge in [-0.25, -0.2) is 4.39 Å². The third-order valence-corrected chi connectivity index (χ3v) is 13.4. The first-order valence-electron chi connectivity index (χ1n) is 19.9. The van der Waals surface area contributed by atoms with Crippen molar-refractivity contribution >= 4 is 35.1 Å². The van der Waals surface area contributed by atoms with E-state index in [-0.39, 0.29) is 59.5 Å². The van der Waals surface area contributed by atoms with Gasteiger partial charge in [-0.3, -0.25) is 34.1 Å². The molecule has 0 spiro atoms. The van der Waals surface area contributed by atoms with Crippen molar-refractivity contribution in [3.05, 3.63) is 46.3 Å². The van der Waals surface area contributed by atoms with E-state index in [9.17, 15) is 33.9 Å². The number of piperidine rings is 3. The molecule has 11 nitrogen and oxygen atoms in total. The standard InChI is InChI=1S/C41H53FN4O7/c42-33-22-32-31(38(50)36(39(32)51)29-10-12-35(48)44-40(29)52)21-30(33)24-4-6-25(7-5-24)34(47)11-3-23-1-8-28(9-2-23)45-17-13-26(14-18-45)37(49)41(53)46-19-15-27(43)16-20-46/h1,21-22,24-29,36-37,49H,2-20,43H2,(H,44,48,52)/t24?,25?,28?,29?,36-,37?/m1/s1. The molecular weight excluding hydrogens is 679 g/mol. The Hall–Kier alpha value is -3.61. The van der Waals surface area contributed by atoms with Gasteiger partial charge in [-0.15, -0.1) is 0 Å². The van der Waals surface area contributed by atoms with Crippen molar-refractivity contribution in [1.29, 1.82) is 0 Å². The number of imide groups is 1. The second-order valence-electron chi connectivity index (χ2n) is 16.5. The van der Waals surface area contributed by atoms with Gasteiger partial charge in [0.1, 0.15) is 17.7 Å². The van der Waals surface area contributed by atoms with Crippen LogP contribution in [0.4, 0.5) is 4.39 Å². The molecule has 7 rings (SSSR count). The van der Waals surface area contributed by atoms with Gasteiger partial charge >= 0.3 is 0 Å². The average Bonchev–Trinajstić information content (AvgIpc) is 3.41. The molecule has 6 aliphatic rings. The number of likely N-dealkylation sites (tertiary alicyclic amines) is 2. The smallest absolute Gasteiger partial charge is 0.251 e. The summed E-state index contributed by atoms with van der Waals surface area (Å²) in [7, 11) is 0. The molecule has 3 amide bonds. The highest BCUT2D eigenvalue weighted by Gasteiger charge is 2.48. The molecule has 3 heterocycles. The van der Waals surface area contributed by atoms with Crippen LogP contribution in [0.25, 0.3) is 0 Å². The molecule has 3 saturated heterocycles. The number of hydrogen-bond acceptors (Lipinski definition) is 9. The fourth-order valence-corrected chi connectivity index (χ4v) is 9.91. The number of nitrogens with two attached hydrogens (primary N) is 1. The van der Waals surface area contributed by atoms with Crippen LogP contribution in [0.3, 0.4) is 0 Å². The predicted octanol–water partition coefficient (Wildman–Crippen LogP) is 4.00. The Morgan fingerprint density at radius 1 is 0.868 bits per heavy atom. The number of amides is 3. The summed E-state index contributed by atoms with van der Waals surface area (Å²) in [6.45, 7) is 3.01. The predicted molar refractivity (Wildman–Crippen MR) is 193 cm³/mol. The maximum absolute atomic E-state index is 15.4. The monoisotopic (exact) mass is 732 g/mol. The van der Waals surface area contributed by atoms with Gasteiger partial charge in [0.25, 0.3) is 5.91 Å². The number of carbonyl (C=O) groups excluding carboxylic acids is 6. The van der Waals surface area contributed by atoms with E-state index in [0.717, 1.165) is 70.5 Å². The van der Waals surface area contributed by atoms with Crippen LogP contribution in [0, 0.1) is 29.5 Å². The Bertz CT molecular complexity index is 1670. The highest BCUT2D eigenvalue weighted by Crippen LogP contribution is 2.42. The molecule has 0 bridgehead atoms. The first-order chi connectivity index (χ1) is 25.5. The van der Waals surface area contributed by atoms with Crippen LogP contribution < -0.4 is 11.1 Å². The van der Waals surface area contributed by atoms with E-state index >= 15 is 4.39 Å². The van der Waals surface area contributed by atoms with Crippen molar-refractivity contribution in [2.75, 3.05) is 26.2 Å². The minimum Gasteiger partial charge on any atom is -0.383 e. The minimum atomic E-state index is -1.23. The molecule has 0 aromatic heterocycles. The molecule has 0 radical (unpaired) electrons. The normalized spacial score (nSPS) is 29.8. The summed E-state index contributed by atoms with van der Waals surface area (Å²) < 4.78 is 15.4. The molecule has 3 aliphatic heterocycles. The van der Waals surface area contributed by atoms with Gasteiger partial charge in [0.05, 0.1) is 11.8 Å². The van der Waals surface area contributed by atoms with Gasteiger partial charge in [0.2, 0.25) is 11.8 Å². The third kappa shape index (κ3) is 7.96. The van der Waals surface area contributed by atoms with Crippen LogP contribution >= 0.6 is 0 Å². The Morgan fingerprint density at radius 3 is 2.19 bits per heavy atom. The average molecular weight is 733 g/mol. The lowest BCUT2D eigenvalue weighted by Crippen LogP contribution is -2.51. The van der Waals surface area contributed by atoms with E-state index in [1.165, 1.54) is 11.6 Å². The number of fused-ring (bicyclic) bond motifs is 1. The molecule has 4 atom stereocenters. The van der Waals surface area contributed by atoms with E-state index in [4.69, 9.17) is 5.73 Å². The molecule has 4 N–H and O–H groups in total. The number of rotatable bonds is 9. The molecule has 3 unspecified atom stereocenters. The Morgan fingerprint density at radius 2 is 1.55 bits per heavy atom. The van der Waals surface area contributed by atoms with Gasteiger partial charge < -0.3 is 20.6 Å². The van der Waals surface area contributed by atoms with Crippen LogP contribution in [0.1, 0.15) is 129 Å². The lowest BCUT2D eigenvalue weighted by Gasteiger charge is -2.41. The number of carbonyl (C=O) groups is 6. The van der Waals surface area contributed by atoms with Crippen LogP contribution in [0.5, 0.6) is 0 Å².